The summed E-state index contributed by atoms with van der Waals surface area (Å²) in [5, 5.41) is 13.5. The van der Waals surface area contributed by atoms with Gasteiger partial charge in [-0.3, -0.25) is 24.6 Å². The number of nitrogens with one attached hydrogen (secondary N) is 1. The van der Waals surface area contributed by atoms with Crippen LogP contribution >= 0.6 is 0 Å². The molecule has 2 amide bonds. The number of non-ortho nitro benzene ring substituents is 1. The van der Waals surface area contributed by atoms with Gasteiger partial charge in [-0.1, -0.05) is 66.7 Å². The molecule has 3 aromatic rings. The Balaban J connectivity index is 1.35. The van der Waals surface area contributed by atoms with Crippen LogP contribution in [0.5, 0.6) is 0 Å². The Morgan fingerprint density at radius 2 is 1.44 bits per heavy atom. The maximum Gasteiger partial charge on any atom is 0.270 e. The second-order valence-electron chi connectivity index (χ2n) is 8.13. The van der Waals surface area contributed by atoms with Crippen LogP contribution in [0.4, 0.5) is 5.69 Å². The summed E-state index contributed by atoms with van der Waals surface area (Å²) in [6.07, 6.45) is 0. The lowest BCUT2D eigenvalue weighted by molar-refractivity contribution is -0.384. The quantitative estimate of drug-likeness (QED) is 0.433. The van der Waals surface area contributed by atoms with E-state index in [4.69, 9.17) is 0 Å². The van der Waals surface area contributed by atoms with Crippen LogP contribution in [-0.2, 0) is 4.79 Å². The molecule has 0 saturated carbocycles. The minimum atomic E-state index is -0.556. The second-order valence-corrected chi connectivity index (χ2v) is 8.13. The topological polar surface area (TPSA) is 95.8 Å². The highest BCUT2D eigenvalue weighted by atomic mass is 16.6. The number of nitrogens with zero attached hydrogens (tertiary/aromatic N) is 3. The smallest absolute Gasteiger partial charge is 0.270 e. The zero-order chi connectivity index (χ0) is 23.9. The molecule has 8 heteroatoms. The Hall–Kier alpha value is -4.04. The fourth-order valence-corrected chi connectivity index (χ4v) is 4.24. The molecule has 1 heterocycles. The number of benzene rings is 3. The Kier molecular flexibility index (Phi) is 7.29. The van der Waals surface area contributed by atoms with Gasteiger partial charge in [0.05, 0.1) is 17.5 Å². The lowest BCUT2D eigenvalue weighted by atomic mass is 9.96. The van der Waals surface area contributed by atoms with Gasteiger partial charge in [0.1, 0.15) is 0 Å². The van der Waals surface area contributed by atoms with Gasteiger partial charge >= 0.3 is 0 Å². The highest BCUT2D eigenvalue weighted by molar-refractivity contribution is 5.97. The number of amides is 2. The molecule has 0 aliphatic carbocycles. The van der Waals surface area contributed by atoms with E-state index in [1.807, 2.05) is 36.4 Å². The number of carbonyl (C=O) groups excluding carboxylic acids is 2. The molecule has 4 rings (SSSR count). The Morgan fingerprint density at radius 3 is 2.00 bits per heavy atom. The van der Waals surface area contributed by atoms with Gasteiger partial charge in [0.2, 0.25) is 5.91 Å². The molecule has 8 nitrogen and oxygen atoms in total. The van der Waals surface area contributed by atoms with E-state index in [9.17, 15) is 19.7 Å². The van der Waals surface area contributed by atoms with Crippen molar-refractivity contribution < 1.29 is 14.5 Å². The van der Waals surface area contributed by atoms with Crippen LogP contribution in [-0.4, -0.2) is 59.3 Å². The predicted octanol–water partition coefficient (Wildman–Crippen LogP) is 3.26. The SMILES string of the molecule is O=C(NCC(=O)N1CCN(C(c2ccccc2)c2ccccc2)CC1)c1cccc([N+](=O)[O-])c1. The molecule has 1 fully saturated rings. The Morgan fingerprint density at radius 1 is 0.853 bits per heavy atom. The summed E-state index contributed by atoms with van der Waals surface area (Å²) in [5.41, 5.74) is 2.40. The third-order valence-corrected chi connectivity index (χ3v) is 5.98. The van der Waals surface area contributed by atoms with Crippen molar-refractivity contribution >= 4 is 17.5 Å². The van der Waals surface area contributed by atoms with Gasteiger partial charge < -0.3 is 10.2 Å². The average Bonchev–Trinajstić information content (AvgIpc) is 2.89. The van der Waals surface area contributed by atoms with Crippen LogP contribution in [0.25, 0.3) is 0 Å². The molecule has 0 atom stereocenters. The lowest BCUT2D eigenvalue weighted by Crippen LogP contribution is -2.52. The zero-order valence-electron chi connectivity index (χ0n) is 18.7. The molecule has 0 aromatic heterocycles. The first kappa shape index (κ1) is 23.1. The first-order chi connectivity index (χ1) is 16.5. The van der Waals surface area contributed by atoms with E-state index >= 15 is 0 Å². The van der Waals surface area contributed by atoms with Crippen molar-refractivity contribution in [3.8, 4) is 0 Å². The largest absolute Gasteiger partial charge is 0.343 e. The summed E-state index contributed by atoms with van der Waals surface area (Å²) >= 11 is 0. The number of hydrogen-bond donors (Lipinski definition) is 1. The van der Waals surface area contributed by atoms with Crippen LogP contribution in [0.1, 0.15) is 27.5 Å². The van der Waals surface area contributed by atoms with Crippen molar-refractivity contribution in [1.29, 1.82) is 0 Å². The average molecular weight is 459 g/mol. The maximum atomic E-state index is 12.7. The van der Waals surface area contributed by atoms with Gasteiger partial charge in [0.15, 0.2) is 0 Å². The molecular formula is C26H26N4O4. The standard InChI is InChI=1S/C26H26N4O4/c31-24(19-27-26(32)22-12-7-13-23(18-22)30(33)34)28-14-16-29(17-15-28)25(20-8-3-1-4-9-20)21-10-5-2-6-11-21/h1-13,18,25H,14-17,19H2,(H,27,32). The summed E-state index contributed by atoms with van der Waals surface area (Å²) in [6, 6.07) is 26.2. The van der Waals surface area contributed by atoms with Gasteiger partial charge in [-0.15, -0.1) is 0 Å². The molecule has 1 N–H and O–H groups in total. The van der Waals surface area contributed by atoms with Gasteiger partial charge in [-0.2, -0.15) is 0 Å². The summed E-state index contributed by atoms with van der Waals surface area (Å²) < 4.78 is 0. The molecule has 174 valence electrons. The minimum absolute atomic E-state index is 0.105. The number of hydrogen-bond acceptors (Lipinski definition) is 5. The number of piperazine rings is 1. The maximum absolute atomic E-state index is 12.7. The number of nitro benzene ring substituents is 1. The molecule has 0 radical (unpaired) electrons. The summed E-state index contributed by atoms with van der Waals surface area (Å²) in [4.78, 5) is 39.5. The van der Waals surface area contributed by atoms with Crippen molar-refractivity contribution in [2.45, 2.75) is 6.04 Å². The summed E-state index contributed by atoms with van der Waals surface area (Å²) in [6.45, 7) is 2.38. The molecule has 0 bridgehead atoms. The number of nitro groups is 1. The molecule has 1 saturated heterocycles. The van der Waals surface area contributed by atoms with Crippen molar-refractivity contribution in [2.24, 2.45) is 0 Å². The predicted molar refractivity (Wildman–Crippen MR) is 128 cm³/mol. The number of carbonyl (C=O) groups is 2. The van der Waals surface area contributed by atoms with E-state index in [1.165, 1.54) is 35.4 Å². The van der Waals surface area contributed by atoms with Crippen molar-refractivity contribution in [3.05, 3.63) is 112 Å². The third kappa shape index (κ3) is 5.47. The van der Waals surface area contributed by atoms with Crippen molar-refractivity contribution in [3.63, 3.8) is 0 Å². The Labute approximate surface area is 198 Å². The van der Waals surface area contributed by atoms with Crippen LogP contribution < -0.4 is 5.32 Å². The zero-order valence-corrected chi connectivity index (χ0v) is 18.7. The fourth-order valence-electron chi connectivity index (χ4n) is 4.24. The van der Waals surface area contributed by atoms with E-state index in [0.717, 1.165) is 0 Å². The first-order valence-corrected chi connectivity index (χ1v) is 11.2. The van der Waals surface area contributed by atoms with Crippen LogP contribution in [0, 0.1) is 10.1 Å². The molecule has 34 heavy (non-hydrogen) atoms. The van der Waals surface area contributed by atoms with Gasteiger partial charge in [-0.25, -0.2) is 0 Å². The van der Waals surface area contributed by atoms with E-state index in [1.54, 1.807) is 4.90 Å². The molecule has 1 aliphatic heterocycles. The molecule has 0 unspecified atom stereocenters. The summed E-state index contributed by atoms with van der Waals surface area (Å²) in [7, 11) is 0. The molecular weight excluding hydrogens is 432 g/mol. The van der Waals surface area contributed by atoms with E-state index in [-0.39, 0.29) is 29.7 Å². The highest BCUT2D eigenvalue weighted by Crippen LogP contribution is 2.29. The fraction of sp³-hybridized carbons (Fsp3) is 0.231. The van der Waals surface area contributed by atoms with Gasteiger partial charge in [0.25, 0.3) is 11.6 Å². The molecule has 0 spiro atoms. The normalized spacial score (nSPS) is 14.1. The second kappa shape index (κ2) is 10.7. The highest BCUT2D eigenvalue weighted by Gasteiger charge is 2.28. The van der Waals surface area contributed by atoms with Crippen molar-refractivity contribution in [2.75, 3.05) is 32.7 Å². The van der Waals surface area contributed by atoms with Crippen LogP contribution in [0.3, 0.4) is 0 Å². The number of rotatable bonds is 7. The van der Waals surface area contributed by atoms with E-state index < -0.39 is 10.8 Å². The Bertz CT molecular complexity index is 1110. The van der Waals surface area contributed by atoms with Crippen LogP contribution in [0.2, 0.25) is 0 Å². The molecule has 3 aromatic carbocycles. The lowest BCUT2D eigenvalue weighted by Gasteiger charge is -2.39. The minimum Gasteiger partial charge on any atom is -0.343 e. The van der Waals surface area contributed by atoms with Crippen molar-refractivity contribution in [1.82, 2.24) is 15.1 Å². The summed E-state index contributed by atoms with van der Waals surface area (Å²) in [5.74, 6) is -0.682. The monoisotopic (exact) mass is 458 g/mol. The first-order valence-electron chi connectivity index (χ1n) is 11.2. The van der Waals surface area contributed by atoms with Gasteiger partial charge in [-0.05, 0) is 17.2 Å². The third-order valence-electron chi connectivity index (χ3n) is 5.98. The van der Waals surface area contributed by atoms with E-state index in [0.29, 0.717) is 26.2 Å². The van der Waals surface area contributed by atoms with Crippen LogP contribution in [0.15, 0.2) is 84.9 Å². The van der Waals surface area contributed by atoms with Gasteiger partial charge in [0, 0.05) is 43.9 Å². The molecule has 1 aliphatic rings. The van der Waals surface area contributed by atoms with E-state index in [2.05, 4.69) is 34.5 Å².